The predicted octanol–water partition coefficient (Wildman–Crippen LogP) is 0.546. The Balaban J connectivity index is 1.98. The highest BCUT2D eigenvalue weighted by Crippen LogP contribution is 2.25. The lowest BCUT2D eigenvalue weighted by Crippen LogP contribution is -2.14. The van der Waals surface area contributed by atoms with Crippen molar-refractivity contribution < 1.29 is 13.5 Å². The number of fused-ring (bicyclic) bond motifs is 1. The minimum Gasteiger partial charge on any atom is -0.399 e. The van der Waals surface area contributed by atoms with Crippen molar-refractivity contribution in [3.05, 3.63) is 24.0 Å². The Morgan fingerprint density at radius 3 is 2.90 bits per heavy atom. The summed E-state index contributed by atoms with van der Waals surface area (Å²) in [6, 6.07) is 5.41. The molecule has 108 valence electrons. The summed E-state index contributed by atoms with van der Waals surface area (Å²) in [4.78, 5) is 4.35. The molecule has 0 aliphatic carbocycles. The Labute approximate surface area is 117 Å². The van der Waals surface area contributed by atoms with E-state index in [1.807, 2.05) is 10.6 Å². The van der Waals surface area contributed by atoms with Crippen LogP contribution in [0.25, 0.3) is 11.0 Å². The number of anilines is 1. The van der Waals surface area contributed by atoms with Crippen molar-refractivity contribution in [2.45, 2.75) is 19.6 Å². The molecule has 1 aliphatic heterocycles. The summed E-state index contributed by atoms with van der Waals surface area (Å²) >= 11 is 0. The zero-order valence-corrected chi connectivity index (χ0v) is 11.8. The molecule has 2 aromatic rings. The van der Waals surface area contributed by atoms with Crippen molar-refractivity contribution in [1.29, 1.82) is 0 Å². The molecule has 1 unspecified atom stereocenters. The molecule has 1 fully saturated rings. The van der Waals surface area contributed by atoms with Crippen LogP contribution < -0.4 is 5.73 Å². The van der Waals surface area contributed by atoms with Crippen molar-refractivity contribution in [3.8, 4) is 0 Å². The average Bonchev–Trinajstić information content (AvgIpc) is 2.90. The quantitative estimate of drug-likeness (QED) is 0.806. The second-order valence-electron chi connectivity index (χ2n) is 5.31. The second-order valence-corrected chi connectivity index (χ2v) is 7.54. The van der Waals surface area contributed by atoms with Crippen molar-refractivity contribution in [1.82, 2.24) is 9.55 Å². The first-order valence-electron chi connectivity index (χ1n) is 6.54. The number of hydrogen-bond donors (Lipinski definition) is 2. The van der Waals surface area contributed by atoms with Crippen molar-refractivity contribution >= 4 is 26.6 Å². The van der Waals surface area contributed by atoms with Crippen molar-refractivity contribution in [2.75, 3.05) is 17.2 Å². The number of rotatable bonds is 3. The topological polar surface area (TPSA) is 98.2 Å². The maximum Gasteiger partial charge on any atom is 0.150 e. The van der Waals surface area contributed by atoms with Crippen LogP contribution in [-0.2, 0) is 23.0 Å². The van der Waals surface area contributed by atoms with E-state index in [1.54, 1.807) is 12.1 Å². The van der Waals surface area contributed by atoms with E-state index in [2.05, 4.69) is 4.98 Å². The highest BCUT2D eigenvalue weighted by atomic mass is 32.2. The van der Waals surface area contributed by atoms with Gasteiger partial charge in [0.15, 0.2) is 9.84 Å². The largest absolute Gasteiger partial charge is 0.399 e. The summed E-state index contributed by atoms with van der Waals surface area (Å²) in [7, 11) is -2.89. The molecular weight excluding hydrogens is 278 g/mol. The minimum absolute atomic E-state index is 0.0836. The van der Waals surface area contributed by atoms with Crippen LogP contribution in [0.2, 0.25) is 0 Å². The summed E-state index contributed by atoms with van der Waals surface area (Å²) in [5, 5.41) is 9.43. The van der Waals surface area contributed by atoms with Crippen molar-refractivity contribution in [2.24, 2.45) is 5.92 Å². The van der Waals surface area contributed by atoms with E-state index in [9.17, 15) is 13.5 Å². The van der Waals surface area contributed by atoms with Crippen LogP contribution in [0.5, 0.6) is 0 Å². The van der Waals surface area contributed by atoms with E-state index in [0.717, 1.165) is 11.0 Å². The van der Waals surface area contributed by atoms with Gasteiger partial charge in [-0.3, -0.25) is 0 Å². The Morgan fingerprint density at radius 2 is 2.25 bits per heavy atom. The van der Waals surface area contributed by atoms with Crippen LogP contribution in [0.3, 0.4) is 0 Å². The van der Waals surface area contributed by atoms with Crippen molar-refractivity contribution in [3.63, 3.8) is 0 Å². The van der Waals surface area contributed by atoms with Gasteiger partial charge in [-0.15, -0.1) is 0 Å². The molecule has 0 amide bonds. The standard InChI is InChI=1S/C13H17N3O3S/c14-10-1-2-12-11(5-10)15-13(7-17)16(12)6-9-3-4-20(18,19)8-9/h1-2,5,9,17H,3-4,6-8,14H2. The molecule has 1 saturated heterocycles. The lowest BCUT2D eigenvalue weighted by Gasteiger charge is -2.12. The summed E-state index contributed by atoms with van der Waals surface area (Å²) in [5.74, 6) is 1.10. The van der Waals surface area contributed by atoms with Crippen LogP contribution in [0.4, 0.5) is 5.69 Å². The molecule has 3 rings (SSSR count). The Hall–Kier alpha value is -1.60. The summed E-state index contributed by atoms with van der Waals surface area (Å²) in [6.07, 6.45) is 0.668. The lowest BCUT2D eigenvalue weighted by atomic mass is 10.1. The van der Waals surface area contributed by atoms with Crippen LogP contribution in [0.1, 0.15) is 12.2 Å². The lowest BCUT2D eigenvalue weighted by molar-refractivity contribution is 0.263. The van der Waals surface area contributed by atoms with Crippen LogP contribution >= 0.6 is 0 Å². The summed E-state index contributed by atoms with van der Waals surface area (Å²) in [5.41, 5.74) is 7.97. The SMILES string of the molecule is Nc1ccc2c(c1)nc(CO)n2CC1CCS(=O)(=O)C1. The first kappa shape index (κ1) is 13.4. The highest BCUT2D eigenvalue weighted by molar-refractivity contribution is 7.91. The van der Waals surface area contributed by atoms with Gasteiger partial charge in [-0.1, -0.05) is 0 Å². The number of imidazole rings is 1. The Morgan fingerprint density at radius 1 is 1.45 bits per heavy atom. The molecule has 2 heterocycles. The van der Waals surface area contributed by atoms with E-state index < -0.39 is 9.84 Å². The predicted molar refractivity (Wildman–Crippen MR) is 76.8 cm³/mol. The third-order valence-corrected chi connectivity index (χ3v) is 5.60. The van der Waals surface area contributed by atoms with Gasteiger partial charge in [0.25, 0.3) is 0 Å². The van der Waals surface area contributed by atoms with Gasteiger partial charge in [0.2, 0.25) is 0 Å². The average molecular weight is 295 g/mol. The number of nitrogens with two attached hydrogens (primary N) is 1. The van der Waals surface area contributed by atoms with Gasteiger partial charge in [-0.25, -0.2) is 13.4 Å². The van der Waals surface area contributed by atoms with Gasteiger partial charge < -0.3 is 15.4 Å². The van der Waals surface area contributed by atoms with Gasteiger partial charge in [0.05, 0.1) is 22.5 Å². The normalized spacial score (nSPS) is 21.6. The van der Waals surface area contributed by atoms with Gasteiger partial charge >= 0.3 is 0 Å². The van der Waals surface area contributed by atoms with E-state index in [0.29, 0.717) is 24.5 Å². The summed E-state index contributed by atoms with van der Waals surface area (Å²) in [6.45, 7) is 0.392. The molecule has 1 aliphatic rings. The molecule has 6 nitrogen and oxygen atoms in total. The van der Waals surface area contributed by atoms with E-state index in [1.165, 1.54) is 0 Å². The number of nitrogen functional groups attached to an aromatic ring is 1. The maximum atomic E-state index is 11.5. The third-order valence-electron chi connectivity index (χ3n) is 3.76. The van der Waals surface area contributed by atoms with E-state index in [4.69, 9.17) is 5.73 Å². The number of aliphatic hydroxyl groups excluding tert-OH is 1. The number of nitrogens with zero attached hydrogens (tertiary/aromatic N) is 2. The van der Waals surface area contributed by atoms with E-state index >= 15 is 0 Å². The Bertz CT molecular complexity index is 752. The zero-order chi connectivity index (χ0) is 14.3. The number of benzene rings is 1. The smallest absolute Gasteiger partial charge is 0.150 e. The molecule has 7 heteroatoms. The number of hydrogen-bond acceptors (Lipinski definition) is 5. The van der Waals surface area contributed by atoms with Gasteiger partial charge in [-0.05, 0) is 30.5 Å². The monoisotopic (exact) mass is 295 g/mol. The molecule has 1 aromatic carbocycles. The van der Waals surface area contributed by atoms with Gasteiger partial charge in [-0.2, -0.15) is 0 Å². The Kier molecular flexibility index (Phi) is 3.18. The summed E-state index contributed by atoms with van der Waals surface area (Å²) < 4.78 is 25.0. The van der Waals surface area contributed by atoms with Crippen LogP contribution in [-0.4, -0.2) is 34.6 Å². The molecule has 3 N–H and O–H groups in total. The molecule has 0 bridgehead atoms. The number of aromatic nitrogens is 2. The minimum atomic E-state index is -2.89. The zero-order valence-electron chi connectivity index (χ0n) is 11.0. The first-order chi connectivity index (χ1) is 9.48. The van der Waals surface area contributed by atoms with Crippen LogP contribution in [0.15, 0.2) is 18.2 Å². The first-order valence-corrected chi connectivity index (χ1v) is 8.36. The molecule has 20 heavy (non-hydrogen) atoms. The molecule has 0 saturated carbocycles. The molecular formula is C13H17N3O3S. The highest BCUT2D eigenvalue weighted by Gasteiger charge is 2.29. The molecule has 0 spiro atoms. The van der Waals surface area contributed by atoms with Crippen LogP contribution in [0, 0.1) is 5.92 Å². The molecule has 1 atom stereocenters. The fourth-order valence-corrected chi connectivity index (χ4v) is 4.64. The maximum absolute atomic E-state index is 11.5. The van der Waals surface area contributed by atoms with Gasteiger partial charge in [0, 0.05) is 12.2 Å². The van der Waals surface area contributed by atoms with E-state index in [-0.39, 0.29) is 24.0 Å². The number of aliphatic hydroxyl groups is 1. The number of sulfone groups is 1. The second kappa shape index (κ2) is 4.75. The molecule has 0 radical (unpaired) electrons. The fourth-order valence-electron chi connectivity index (χ4n) is 2.80. The molecule has 1 aromatic heterocycles. The third kappa shape index (κ3) is 2.38. The fraction of sp³-hybridized carbons (Fsp3) is 0.462. The van der Waals surface area contributed by atoms with Gasteiger partial charge in [0.1, 0.15) is 12.4 Å².